The highest BCUT2D eigenvalue weighted by Gasteiger charge is 2.38. The van der Waals surface area contributed by atoms with Crippen LogP contribution in [0.2, 0.25) is 5.02 Å². The van der Waals surface area contributed by atoms with E-state index in [0.29, 0.717) is 47.6 Å². The number of thioether (sulfide) groups is 1. The van der Waals surface area contributed by atoms with Crippen LogP contribution in [0.1, 0.15) is 37.9 Å². The summed E-state index contributed by atoms with van der Waals surface area (Å²) >= 11 is 9.89. The number of halogens is 2. The standard InChI is InChI=1S/C25H24ClIN2O4S/c1-4-31-20-13-17(12-19(27)23(20)33-14-16-7-6-8-18(26)11-16)22-21(24(30)32-5-2)15(3)28-25-29(22)9-10-34-25/h6-13,22H,4-5,14H2,1-3H3/t22-/m1/s1. The van der Waals surface area contributed by atoms with Crippen LogP contribution >= 0.6 is 46.0 Å². The molecule has 0 saturated heterocycles. The lowest BCUT2D eigenvalue weighted by molar-refractivity contribution is -0.139. The third kappa shape index (κ3) is 5.23. The van der Waals surface area contributed by atoms with Crippen molar-refractivity contribution >= 4 is 57.1 Å². The summed E-state index contributed by atoms with van der Waals surface area (Å²) < 4.78 is 18.4. The molecular formula is C25H24ClIN2O4S. The van der Waals surface area contributed by atoms with Crippen LogP contribution < -0.4 is 9.47 Å². The minimum Gasteiger partial charge on any atom is -0.490 e. The fourth-order valence-corrected chi connectivity index (χ4v) is 5.61. The maximum absolute atomic E-state index is 13.0. The molecule has 0 N–H and O–H groups in total. The van der Waals surface area contributed by atoms with E-state index in [1.54, 1.807) is 6.92 Å². The molecule has 0 amide bonds. The third-order valence-corrected chi connectivity index (χ3v) is 7.04. The SMILES string of the molecule is CCOC(=O)C1=C(C)N=C2SC=CN2[C@@H]1c1cc(I)c(OCc2cccc(Cl)c2)c(OCC)c1. The van der Waals surface area contributed by atoms with E-state index < -0.39 is 0 Å². The van der Waals surface area contributed by atoms with Gasteiger partial charge in [0.1, 0.15) is 6.61 Å². The molecular weight excluding hydrogens is 587 g/mol. The molecule has 0 radical (unpaired) electrons. The van der Waals surface area contributed by atoms with Crippen molar-refractivity contribution < 1.29 is 19.0 Å². The second-order valence-corrected chi connectivity index (χ2v) is 9.98. The smallest absolute Gasteiger partial charge is 0.338 e. The fraction of sp³-hybridized carbons (Fsp3) is 0.280. The number of benzene rings is 2. The normalized spacial score (nSPS) is 16.9. The van der Waals surface area contributed by atoms with Gasteiger partial charge in [-0.3, -0.25) is 0 Å². The predicted octanol–water partition coefficient (Wildman–Crippen LogP) is 6.69. The van der Waals surface area contributed by atoms with Gasteiger partial charge >= 0.3 is 5.97 Å². The third-order valence-electron chi connectivity index (χ3n) is 5.24. The van der Waals surface area contributed by atoms with Crippen molar-refractivity contribution in [2.45, 2.75) is 33.4 Å². The van der Waals surface area contributed by atoms with Crippen molar-refractivity contribution in [1.29, 1.82) is 0 Å². The molecule has 178 valence electrons. The topological polar surface area (TPSA) is 60.4 Å². The number of hydrogen-bond donors (Lipinski definition) is 0. The molecule has 0 unspecified atom stereocenters. The van der Waals surface area contributed by atoms with Gasteiger partial charge in [-0.25, -0.2) is 9.79 Å². The van der Waals surface area contributed by atoms with Crippen LogP contribution in [0.15, 0.2) is 64.3 Å². The number of carbonyl (C=O) groups excluding carboxylic acids is 1. The number of esters is 1. The number of nitrogens with zero attached hydrogens (tertiary/aromatic N) is 2. The summed E-state index contributed by atoms with van der Waals surface area (Å²) in [4.78, 5) is 19.6. The Labute approximate surface area is 222 Å². The molecule has 2 aliphatic rings. The number of carbonyl (C=O) groups is 1. The molecule has 1 atom stereocenters. The van der Waals surface area contributed by atoms with Crippen LogP contribution in [0.4, 0.5) is 0 Å². The second kappa shape index (κ2) is 11.0. The van der Waals surface area contributed by atoms with Gasteiger partial charge in [-0.2, -0.15) is 0 Å². The maximum Gasteiger partial charge on any atom is 0.338 e. The molecule has 0 aromatic heterocycles. The molecule has 0 aliphatic carbocycles. The van der Waals surface area contributed by atoms with Crippen molar-refractivity contribution in [2.75, 3.05) is 13.2 Å². The van der Waals surface area contributed by atoms with Gasteiger partial charge in [0.05, 0.1) is 34.1 Å². The Balaban J connectivity index is 1.73. The van der Waals surface area contributed by atoms with Gasteiger partial charge in [-0.1, -0.05) is 35.5 Å². The average Bonchev–Trinajstić information content (AvgIpc) is 3.25. The first kappa shape index (κ1) is 24.9. The lowest BCUT2D eigenvalue weighted by Gasteiger charge is -2.33. The Bertz CT molecular complexity index is 1200. The number of aliphatic imine (C=N–C) groups is 1. The van der Waals surface area contributed by atoms with Crippen LogP contribution in [-0.2, 0) is 16.1 Å². The molecule has 4 rings (SSSR count). The summed E-state index contributed by atoms with van der Waals surface area (Å²) in [5.74, 6) is 0.903. The Morgan fingerprint density at radius 3 is 2.76 bits per heavy atom. The number of allylic oxidation sites excluding steroid dienone is 1. The number of hydrogen-bond acceptors (Lipinski definition) is 7. The molecule has 2 heterocycles. The van der Waals surface area contributed by atoms with Crippen molar-refractivity contribution in [3.63, 3.8) is 0 Å². The summed E-state index contributed by atoms with van der Waals surface area (Å²) in [6.07, 6.45) is 1.94. The lowest BCUT2D eigenvalue weighted by Crippen LogP contribution is -2.34. The highest BCUT2D eigenvalue weighted by Crippen LogP contribution is 2.44. The summed E-state index contributed by atoms with van der Waals surface area (Å²) in [6, 6.07) is 11.2. The number of rotatable bonds is 8. The van der Waals surface area contributed by atoms with Crippen LogP contribution in [0.3, 0.4) is 0 Å². The predicted molar refractivity (Wildman–Crippen MR) is 144 cm³/mol. The molecule has 0 spiro atoms. The lowest BCUT2D eigenvalue weighted by atomic mass is 9.94. The summed E-state index contributed by atoms with van der Waals surface area (Å²) in [7, 11) is 0. The average molecular weight is 611 g/mol. The Morgan fingerprint density at radius 1 is 1.21 bits per heavy atom. The number of ether oxygens (including phenoxy) is 3. The van der Waals surface area contributed by atoms with Gasteiger partial charge in [0.15, 0.2) is 16.7 Å². The molecule has 0 saturated carbocycles. The summed E-state index contributed by atoms with van der Waals surface area (Å²) in [5, 5.41) is 3.45. The largest absolute Gasteiger partial charge is 0.490 e. The van der Waals surface area contributed by atoms with E-state index in [1.165, 1.54) is 11.8 Å². The van der Waals surface area contributed by atoms with Crippen LogP contribution in [0.25, 0.3) is 0 Å². The zero-order valence-electron chi connectivity index (χ0n) is 19.0. The highest BCUT2D eigenvalue weighted by molar-refractivity contribution is 14.1. The highest BCUT2D eigenvalue weighted by atomic mass is 127. The van der Waals surface area contributed by atoms with Crippen LogP contribution in [-0.4, -0.2) is 29.3 Å². The Kier molecular flexibility index (Phi) is 8.10. The zero-order chi connectivity index (χ0) is 24.2. The number of amidine groups is 1. The summed E-state index contributed by atoms with van der Waals surface area (Å²) in [6.45, 7) is 6.70. The first-order chi connectivity index (χ1) is 16.4. The van der Waals surface area contributed by atoms with E-state index in [0.717, 1.165) is 19.9 Å². The first-order valence-electron chi connectivity index (χ1n) is 10.8. The van der Waals surface area contributed by atoms with E-state index in [2.05, 4.69) is 27.6 Å². The minimum absolute atomic E-state index is 0.293. The monoisotopic (exact) mass is 610 g/mol. The van der Waals surface area contributed by atoms with E-state index >= 15 is 0 Å². The summed E-state index contributed by atoms with van der Waals surface area (Å²) in [5.41, 5.74) is 3.03. The molecule has 0 bridgehead atoms. The van der Waals surface area contributed by atoms with Gasteiger partial charge in [-0.15, -0.1) is 0 Å². The second-order valence-electron chi connectivity index (χ2n) is 7.51. The van der Waals surface area contributed by atoms with E-state index in [9.17, 15) is 4.79 Å². The molecule has 34 heavy (non-hydrogen) atoms. The van der Waals surface area contributed by atoms with E-state index in [1.807, 2.05) is 66.8 Å². The van der Waals surface area contributed by atoms with Crippen LogP contribution in [0, 0.1) is 3.57 Å². The Hall–Kier alpha value is -2.17. The quantitative estimate of drug-likeness (QED) is 0.245. The van der Waals surface area contributed by atoms with Crippen LogP contribution in [0.5, 0.6) is 11.5 Å². The van der Waals surface area contributed by atoms with Crippen molar-refractivity contribution in [3.05, 3.63) is 79.0 Å². The molecule has 2 aromatic carbocycles. The molecule has 6 nitrogen and oxygen atoms in total. The van der Waals surface area contributed by atoms with Crippen molar-refractivity contribution in [1.82, 2.24) is 4.90 Å². The van der Waals surface area contributed by atoms with Crippen molar-refractivity contribution in [2.24, 2.45) is 4.99 Å². The molecule has 0 fully saturated rings. The van der Waals surface area contributed by atoms with E-state index in [4.69, 9.17) is 25.8 Å². The van der Waals surface area contributed by atoms with Crippen molar-refractivity contribution in [3.8, 4) is 11.5 Å². The maximum atomic E-state index is 13.0. The van der Waals surface area contributed by atoms with Gasteiger partial charge in [0, 0.05) is 11.2 Å². The van der Waals surface area contributed by atoms with Gasteiger partial charge < -0.3 is 19.1 Å². The van der Waals surface area contributed by atoms with Gasteiger partial charge in [-0.05, 0) is 84.2 Å². The molecule has 9 heteroatoms. The molecule has 2 aliphatic heterocycles. The van der Waals surface area contributed by atoms with Gasteiger partial charge in [0.2, 0.25) is 0 Å². The fourth-order valence-electron chi connectivity index (χ4n) is 3.83. The number of fused-ring (bicyclic) bond motifs is 1. The Morgan fingerprint density at radius 2 is 2.03 bits per heavy atom. The van der Waals surface area contributed by atoms with E-state index in [-0.39, 0.29) is 12.0 Å². The molecule has 2 aromatic rings. The van der Waals surface area contributed by atoms with Gasteiger partial charge in [0.25, 0.3) is 0 Å². The zero-order valence-corrected chi connectivity index (χ0v) is 22.7. The minimum atomic E-state index is -0.382. The first-order valence-corrected chi connectivity index (χ1v) is 13.2.